The van der Waals surface area contributed by atoms with Crippen molar-refractivity contribution in [2.75, 3.05) is 23.7 Å². The zero-order chi connectivity index (χ0) is 14.8. The molecule has 1 unspecified atom stereocenters. The molecule has 110 valence electrons. The van der Waals surface area contributed by atoms with Crippen LogP contribution in [0.4, 0.5) is 11.6 Å². The first-order valence-corrected chi connectivity index (χ1v) is 7.58. The largest absolute Gasteiger partial charge is 0.384 e. The maximum atomic E-state index is 5.98. The number of aromatic nitrogens is 2. The average molecular weight is 282 g/mol. The second-order valence-corrected chi connectivity index (χ2v) is 6.08. The lowest BCUT2D eigenvalue weighted by Crippen LogP contribution is -2.22. The number of hydrogen-bond acceptors (Lipinski definition) is 4. The highest BCUT2D eigenvalue weighted by Crippen LogP contribution is 2.29. The van der Waals surface area contributed by atoms with Crippen molar-refractivity contribution in [1.82, 2.24) is 9.97 Å². The van der Waals surface area contributed by atoms with Crippen molar-refractivity contribution in [3.05, 3.63) is 36.4 Å². The Hall–Kier alpha value is -2.10. The van der Waals surface area contributed by atoms with Gasteiger partial charge in [-0.25, -0.2) is 9.97 Å². The third-order valence-electron chi connectivity index (χ3n) is 4.26. The van der Waals surface area contributed by atoms with Crippen molar-refractivity contribution in [2.45, 2.75) is 20.3 Å². The summed E-state index contributed by atoms with van der Waals surface area (Å²) in [5, 5.41) is 0. The van der Waals surface area contributed by atoms with E-state index in [9.17, 15) is 0 Å². The van der Waals surface area contributed by atoms with Crippen molar-refractivity contribution >= 4 is 11.6 Å². The minimum atomic E-state index is 0.534. The van der Waals surface area contributed by atoms with Gasteiger partial charge in [-0.2, -0.15) is 0 Å². The summed E-state index contributed by atoms with van der Waals surface area (Å²) in [7, 11) is 0. The van der Waals surface area contributed by atoms with Gasteiger partial charge in [0, 0.05) is 24.7 Å². The van der Waals surface area contributed by atoms with E-state index in [-0.39, 0.29) is 0 Å². The molecule has 1 atom stereocenters. The second-order valence-electron chi connectivity index (χ2n) is 6.08. The molecule has 0 saturated carbocycles. The van der Waals surface area contributed by atoms with Crippen LogP contribution in [0.5, 0.6) is 0 Å². The molecule has 4 heteroatoms. The predicted octanol–water partition coefficient (Wildman–Crippen LogP) is 3.21. The highest BCUT2D eigenvalue weighted by atomic mass is 15.2. The van der Waals surface area contributed by atoms with Crippen LogP contribution in [0.15, 0.2) is 36.4 Å². The summed E-state index contributed by atoms with van der Waals surface area (Å²) in [6, 6.07) is 11.9. The molecule has 1 aliphatic rings. The lowest BCUT2D eigenvalue weighted by molar-refractivity contribution is 0.422. The Kier molecular flexibility index (Phi) is 3.78. The Morgan fingerprint density at radius 2 is 1.95 bits per heavy atom. The fourth-order valence-electron chi connectivity index (χ4n) is 2.87. The fourth-order valence-corrected chi connectivity index (χ4v) is 2.87. The molecular formula is C17H22N4. The van der Waals surface area contributed by atoms with E-state index in [1.165, 1.54) is 6.42 Å². The van der Waals surface area contributed by atoms with E-state index < -0.39 is 0 Å². The number of hydrogen-bond donors (Lipinski definition) is 1. The molecule has 1 saturated heterocycles. The molecule has 0 spiro atoms. The van der Waals surface area contributed by atoms with E-state index in [1.807, 2.05) is 36.4 Å². The number of anilines is 2. The standard InChI is InChI=1S/C17H22N4/c1-12(2)14-8-9-21(11-14)16-10-15(18)19-17(20-16)13-6-4-3-5-7-13/h3-7,10,12,14H,8-9,11H2,1-2H3,(H2,18,19,20). The lowest BCUT2D eigenvalue weighted by atomic mass is 9.95. The highest BCUT2D eigenvalue weighted by Gasteiger charge is 2.26. The molecule has 0 amide bonds. The quantitative estimate of drug-likeness (QED) is 0.939. The molecule has 0 aliphatic carbocycles. The smallest absolute Gasteiger partial charge is 0.163 e. The van der Waals surface area contributed by atoms with Gasteiger partial charge in [-0.1, -0.05) is 44.2 Å². The Morgan fingerprint density at radius 1 is 1.19 bits per heavy atom. The number of nitrogens with zero attached hydrogens (tertiary/aromatic N) is 3. The van der Waals surface area contributed by atoms with Gasteiger partial charge in [0.2, 0.25) is 0 Å². The molecule has 1 aromatic carbocycles. The second kappa shape index (κ2) is 5.72. The number of nitrogens with two attached hydrogens (primary N) is 1. The summed E-state index contributed by atoms with van der Waals surface area (Å²) in [4.78, 5) is 11.4. The number of rotatable bonds is 3. The van der Waals surface area contributed by atoms with Gasteiger partial charge in [0.05, 0.1) is 0 Å². The molecule has 21 heavy (non-hydrogen) atoms. The molecule has 1 aliphatic heterocycles. The van der Waals surface area contributed by atoms with Crippen LogP contribution in [-0.2, 0) is 0 Å². The molecule has 4 nitrogen and oxygen atoms in total. The van der Waals surface area contributed by atoms with E-state index >= 15 is 0 Å². The molecule has 1 fully saturated rings. The van der Waals surface area contributed by atoms with Crippen LogP contribution in [-0.4, -0.2) is 23.1 Å². The summed E-state index contributed by atoms with van der Waals surface area (Å²) in [6.07, 6.45) is 1.22. The van der Waals surface area contributed by atoms with E-state index in [2.05, 4.69) is 23.7 Å². The zero-order valence-corrected chi connectivity index (χ0v) is 12.7. The van der Waals surface area contributed by atoms with Gasteiger partial charge < -0.3 is 10.6 Å². The Labute approximate surface area is 126 Å². The highest BCUT2D eigenvalue weighted by molar-refractivity contribution is 5.61. The molecule has 2 aromatic rings. The van der Waals surface area contributed by atoms with Crippen LogP contribution >= 0.6 is 0 Å². The van der Waals surface area contributed by atoms with Gasteiger partial charge in [0.15, 0.2) is 5.82 Å². The topological polar surface area (TPSA) is 55.0 Å². The Bertz CT molecular complexity index is 609. The first-order valence-electron chi connectivity index (χ1n) is 7.58. The molecule has 3 rings (SSSR count). The Balaban J connectivity index is 1.89. The first kappa shape index (κ1) is 13.9. The summed E-state index contributed by atoms with van der Waals surface area (Å²) in [6.45, 7) is 6.69. The summed E-state index contributed by atoms with van der Waals surface area (Å²) >= 11 is 0. The van der Waals surface area contributed by atoms with Gasteiger partial charge in [-0.05, 0) is 18.3 Å². The molecule has 2 N–H and O–H groups in total. The van der Waals surface area contributed by atoms with Crippen LogP contribution in [0.2, 0.25) is 0 Å². The van der Waals surface area contributed by atoms with E-state index in [0.717, 1.165) is 30.4 Å². The maximum absolute atomic E-state index is 5.98. The van der Waals surface area contributed by atoms with Crippen molar-refractivity contribution in [3.63, 3.8) is 0 Å². The van der Waals surface area contributed by atoms with Crippen molar-refractivity contribution < 1.29 is 0 Å². The molecule has 2 heterocycles. The summed E-state index contributed by atoms with van der Waals surface area (Å²) in [5.41, 5.74) is 6.99. The van der Waals surface area contributed by atoms with E-state index in [1.54, 1.807) is 0 Å². The van der Waals surface area contributed by atoms with Gasteiger partial charge >= 0.3 is 0 Å². The fraction of sp³-hybridized carbons (Fsp3) is 0.412. The van der Waals surface area contributed by atoms with Crippen molar-refractivity contribution in [2.24, 2.45) is 11.8 Å². The Morgan fingerprint density at radius 3 is 2.62 bits per heavy atom. The zero-order valence-electron chi connectivity index (χ0n) is 12.7. The predicted molar refractivity (Wildman–Crippen MR) is 87.0 cm³/mol. The molecular weight excluding hydrogens is 260 g/mol. The molecule has 0 bridgehead atoms. The van der Waals surface area contributed by atoms with Crippen LogP contribution < -0.4 is 10.6 Å². The van der Waals surface area contributed by atoms with Gasteiger partial charge in [-0.15, -0.1) is 0 Å². The molecule has 1 aromatic heterocycles. The van der Waals surface area contributed by atoms with Gasteiger partial charge in [0.1, 0.15) is 11.6 Å². The third kappa shape index (κ3) is 2.99. The minimum absolute atomic E-state index is 0.534. The summed E-state index contributed by atoms with van der Waals surface area (Å²) in [5.74, 6) is 3.64. The first-order chi connectivity index (χ1) is 10.1. The van der Waals surface area contributed by atoms with Crippen LogP contribution in [0, 0.1) is 11.8 Å². The van der Waals surface area contributed by atoms with Gasteiger partial charge in [-0.3, -0.25) is 0 Å². The minimum Gasteiger partial charge on any atom is -0.384 e. The van der Waals surface area contributed by atoms with Crippen molar-refractivity contribution in [3.8, 4) is 11.4 Å². The van der Waals surface area contributed by atoms with Crippen molar-refractivity contribution in [1.29, 1.82) is 0 Å². The van der Waals surface area contributed by atoms with Crippen LogP contribution in [0.25, 0.3) is 11.4 Å². The van der Waals surface area contributed by atoms with E-state index in [0.29, 0.717) is 17.6 Å². The SMILES string of the molecule is CC(C)C1CCN(c2cc(N)nc(-c3ccccc3)n2)C1. The van der Waals surface area contributed by atoms with Crippen LogP contribution in [0.3, 0.4) is 0 Å². The normalized spacial score (nSPS) is 18.4. The van der Waals surface area contributed by atoms with Crippen LogP contribution in [0.1, 0.15) is 20.3 Å². The molecule has 0 radical (unpaired) electrons. The average Bonchev–Trinajstić information content (AvgIpc) is 2.98. The third-order valence-corrected chi connectivity index (χ3v) is 4.26. The lowest BCUT2D eigenvalue weighted by Gasteiger charge is -2.19. The summed E-state index contributed by atoms with van der Waals surface area (Å²) < 4.78 is 0. The van der Waals surface area contributed by atoms with E-state index in [4.69, 9.17) is 10.7 Å². The maximum Gasteiger partial charge on any atom is 0.163 e. The monoisotopic (exact) mass is 282 g/mol. The number of nitrogen functional groups attached to an aromatic ring is 1. The van der Waals surface area contributed by atoms with Gasteiger partial charge in [0.25, 0.3) is 0 Å². The number of benzene rings is 1.